The van der Waals surface area contributed by atoms with Gasteiger partial charge in [0.25, 0.3) is 0 Å². The summed E-state index contributed by atoms with van der Waals surface area (Å²) < 4.78 is 0. The summed E-state index contributed by atoms with van der Waals surface area (Å²) >= 11 is 0. The Hall–Kier alpha value is -3.07. The molecule has 3 rings (SSSR count). The molecule has 1 aliphatic heterocycles. The van der Waals surface area contributed by atoms with E-state index in [1.54, 1.807) is 0 Å². The molecule has 0 saturated heterocycles. The summed E-state index contributed by atoms with van der Waals surface area (Å²) in [6, 6.07) is 16.5. The van der Waals surface area contributed by atoms with E-state index in [2.05, 4.69) is 55.2 Å². The molecule has 0 aromatic heterocycles. The summed E-state index contributed by atoms with van der Waals surface area (Å²) in [5.74, 6) is -0.790. The molecule has 2 N–H and O–H groups in total. The van der Waals surface area contributed by atoms with Crippen LogP contribution in [0.3, 0.4) is 0 Å². The van der Waals surface area contributed by atoms with Crippen LogP contribution in [-0.4, -0.2) is 17.6 Å². The zero-order chi connectivity index (χ0) is 22.1. The fraction of sp³-hybridized carbons (Fsp3) is 0.321. The van der Waals surface area contributed by atoms with Crippen molar-refractivity contribution in [2.24, 2.45) is 0 Å². The molecule has 3 heteroatoms. The Morgan fingerprint density at radius 2 is 1.81 bits per heavy atom. The molecule has 0 spiro atoms. The monoisotopic (exact) mass is 415 g/mol. The Morgan fingerprint density at radius 3 is 2.52 bits per heavy atom. The maximum absolute atomic E-state index is 11.1. The number of benzene rings is 2. The third-order valence-electron chi connectivity index (χ3n) is 5.86. The summed E-state index contributed by atoms with van der Waals surface area (Å²) in [7, 11) is 0. The molecule has 2 aromatic rings. The van der Waals surface area contributed by atoms with Gasteiger partial charge in [0.05, 0.1) is 6.42 Å². The lowest BCUT2D eigenvalue weighted by molar-refractivity contribution is -0.136. The molecule has 0 unspecified atom stereocenters. The minimum atomic E-state index is -0.790. The van der Waals surface area contributed by atoms with E-state index in [-0.39, 0.29) is 6.42 Å². The smallest absolute Gasteiger partial charge is 0.307 e. The second-order valence-electron chi connectivity index (χ2n) is 8.36. The Kier molecular flexibility index (Phi) is 8.28. The van der Waals surface area contributed by atoms with Crippen LogP contribution in [0.4, 0.5) is 0 Å². The van der Waals surface area contributed by atoms with Gasteiger partial charge in [-0.15, -0.1) is 0 Å². The molecule has 0 radical (unpaired) electrons. The van der Waals surface area contributed by atoms with Crippen LogP contribution in [0, 0.1) is 0 Å². The van der Waals surface area contributed by atoms with Gasteiger partial charge in [0.15, 0.2) is 0 Å². The summed E-state index contributed by atoms with van der Waals surface area (Å²) in [6.45, 7) is 7.44. The Bertz CT molecular complexity index is 967. The summed E-state index contributed by atoms with van der Waals surface area (Å²) in [4.78, 5) is 11.1. The highest BCUT2D eigenvalue weighted by atomic mass is 16.4. The Labute approximate surface area is 186 Å². The molecular formula is C28H33NO2. The van der Waals surface area contributed by atoms with Gasteiger partial charge in [0, 0.05) is 12.2 Å². The Balaban J connectivity index is 1.48. The predicted molar refractivity (Wildman–Crippen MR) is 128 cm³/mol. The molecule has 0 fully saturated rings. The largest absolute Gasteiger partial charge is 0.481 e. The number of carboxylic acid groups (broad SMARTS) is 1. The van der Waals surface area contributed by atoms with Crippen molar-refractivity contribution in [2.45, 2.75) is 51.9 Å². The first kappa shape index (κ1) is 22.6. The van der Waals surface area contributed by atoms with Gasteiger partial charge in [0.1, 0.15) is 0 Å². The highest BCUT2D eigenvalue weighted by Gasteiger charge is 2.07. The highest BCUT2D eigenvalue weighted by molar-refractivity contribution is 5.70. The van der Waals surface area contributed by atoms with E-state index >= 15 is 0 Å². The average molecular weight is 416 g/mol. The van der Waals surface area contributed by atoms with E-state index < -0.39 is 5.97 Å². The molecule has 1 aliphatic rings. The number of aliphatic carboxylic acids is 1. The van der Waals surface area contributed by atoms with Gasteiger partial charge < -0.3 is 10.4 Å². The van der Waals surface area contributed by atoms with Crippen molar-refractivity contribution < 1.29 is 9.90 Å². The third kappa shape index (κ3) is 7.29. The number of allylic oxidation sites excluding steroid dienone is 5. The highest BCUT2D eigenvalue weighted by Crippen LogP contribution is 2.19. The predicted octanol–water partition coefficient (Wildman–Crippen LogP) is 6.00. The summed E-state index contributed by atoms with van der Waals surface area (Å²) in [6.07, 6.45) is 10.7. The number of nitrogens with one attached hydrogen (secondary N) is 1. The van der Waals surface area contributed by atoms with E-state index in [0.717, 1.165) is 49.8 Å². The van der Waals surface area contributed by atoms with Crippen LogP contribution in [0.25, 0.3) is 0 Å². The van der Waals surface area contributed by atoms with Gasteiger partial charge in [-0.1, -0.05) is 72.8 Å². The molecular weight excluding hydrogens is 382 g/mol. The lowest BCUT2D eigenvalue weighted by atomic mass is 9.96. The molecule has 0 atom stereocenters. The first-order chi connectivity index (χ1) is 15.0. The molecule has 0 bridgehead atoms. The number of rotatable bonds is 10. The van der Waals surface area contributed by atoms with Gasteiger partial charge in [-0.25, -0.2) is 0 Å². The van der Waals surface area contributed by atoms with Crippen molar-refractivity contribution in [3.63, 3.8) is 0 Å². The van der Waals surface area contributed by atoms with Crippen LogP contribution in [0.2, 0.25) is 0 Å². The topological polar surface area (TPSA) is 49.3 Å². The normalized spacial score (nSPS) is 14.0. The van der Waals surface area contributed by atoms with Gasteiger partial charge in [-0.05, 0) is 73.3 Å². The van der Waals surface area contributed by atoms with Crippen LogP contribution in [-0.2, 0) is 24.1 Å². The molecule has 0 amide bonds. The van der Waals surface area contributed by atoms with Crippen molar-refractivity contribution in [3.05, 3.63) is 106 Å². The second kappa shape index (κ2) is 11.4. The Morgan fingerprint density at radius 1 is 1.10 bits per heavy atom. The molecule has 2 aromatic carbocycles. The van der Waals surface area contributed by atoms with Crippen molar-refractivity contribution >= 4 is 5.97 Å². The van der Waals surface area contributed by atoms with Crippen LogP contribution >= 0.6 is 0 Å². The quantitative estimate of drug-likeness (QED) is 0.468. The van der Waals surface area contributed by atoms with E-state index in [1.165, 1.54) is 34.4 Å². The van der Waals surface area contributed by atoms with Gasteiger partial charge in [-0.2, -0.15) is 0 Å². The van der Waals surface area contributed by atoms with Crippen LogP contribution < -0.4 is 5.32 Å². The number of carbonyl (C=O) groups is 1. The minimum absolute atomic E-state index is 0.0694. The van der Waals surface area contributed by atoms with Crippen molar-refractivity contribution in [2.75, 3.05) is 6.54 Å². The van der Waals surface area contributed by atoms with Crippen molar-refractivity contribution in [3.8, 4) is 0 Å². The maximum Gasteiger partial charge on any atom is 0.307 e. The number of aryl methyl sites for hydroxylation is 1. The summed E-state index contributed by atoms with van der Waals surface area (Å²) in [5.41, 5.74) is 8.37. The molecule has 0 saturated carbocycles. The van der Waals surface area contributed by atoms with Gasteiger partial charge in [0.2, 0.25) is 0 Å². The molecule has 0 aliphatic carbocycles. The van der Waals surface area contributed by atoms with Crippen molar-refractivity contribution in [1.29, 1.82) is 0 Å². The molecule has 3 nitrogen and oxygen atoms in total. The van der Waals surface area contributed by atoms with Crippen LogP contribution in [0.15, 0.2) is 84.1 Å². The number of carboxylic acids is 1. The zero-order valence-corrected chi connectivity index (χ0v) is 18.5. The fourth-order valence-electron chi connectivity index (χ4n) is 3.99. The molecule has 31 heavy (non-hydrogen) atoms. The van der Waals surface area contributed by atoms with E-state index in [9.17, 15) is 4.79 Å². The average Bonchev–Trinajstić information content (AvgIpc) is 2.75. The lowest BCUT2D eigenvalue weighted by Crippen LogP contribution is -2.19. The second-order valence-corrected chi connectivity index (χ2v) is 8.36. The zero-order valence-electron chi connectivity index (χ0n) is 18.5. The summed E-state index contributed by atoms with van der Waals surface area (Å²) in [5, 5.41) is 12.5. The van der Waals surface area contributed by atoms with Crippen LogP contribution in [0.5, 0.6) is 0 Å². The standard InChI is InChI=1S/C28H33NO2/c1-21(12-17-25-11-6-18-29-22(25)2)7-5-8-23-13-15-24(16-14-23)19-26-9-3-4-10-27(26)20-28(30)31/h3-4,9-10,12-17,29H,1,5-8,11,18-20H2,2H3,(H,30,31)/b17-12-. The third-order valence-corrected chi connectivity index (χ3v) is 5.86. The number of hydrogen-bond donors (Lipinski definition) is 2. The fourth-order valence-corrected chi connectivity index (χ4v) is 3.99. The SMILES string of the molecule is C=C(/C=C\C1=C(C)NCCC1)CCCc1ccc(Cc2ccccc2CC(=O)O)cc1. The molecule has 1 heterocycles. The van der Waals surface area contributed by atoms with Crippen LogP contribution in [0.1, 0.15) is 54.9 Å². The lowest BCUT2D eigenvalue weighted by Gasteiger charge is -2.17. The van der Waals surface area contributed by atoms with Crippen molar-refractivity contribution in [1.82, 2.24) is 5.32 Å². The minimum Gasteiger partial charge on any atom is -0.481 e. The maximum atomic E-state index is 11.1. The van der Waals surface area contributed by atoms with Gasteiger partial charge >= 0.3 is 5.97 Å². The van der Waals surface area contributed by atoms with E-state index in [0.29, 0.717) is 0 Å². The number of hydrogen-bond acceptors (Lipinski definition) is 2. The van der Waals surface area contributed by atoms with Gasteiger partial charge in [-0.3, -0.25) is 4.79 Å². The molecule has 162 valence electrons. The first-order valence-corrected chi connectivity index (χ1v) is 11.2. The van der Waals surface area contributed by atoms with E-state index in [1.807, 2.05) is 24.3 Å². The van der Waals surface area contributed by atoms with E-state index in [4.69, 9.17) is 5.11 Å². The first-order valence-electron chi connectivity index (χ1n) is 11.2.